The Bertz CT molecular complexity index is 1040. The van der Waals surface area contributed by atoms with Gasteiger partial charge in [0.05, 0.1) is 30.7 Å². The topological polar surface area (TPSA) is 108 Å². The van der Waals surface area contributed by atoms with Crippen LogP contribution in [-0.4, -0.2) is 68.6 Å². The van der Waals surface area contributed by atoms with Gasteiger partial charge in [-0.05, 0) is 62.4 Å². The molecule has 0 radical (unpaired) electrons. The summed E-state index contributed by atoms with van der Waals surface area (Å²) in [5.41, 5.74) is 2.04. The van der Waals surface area contributed by atoms with Crippen LogP contribution in [0.2, 0.25) is 5.02 Å². The van der Waals surface area contributed by atoms with Crippen molar-refractivity contribution in [1.29, 1.82) is 0 Å². The van der Waals surface area contributed by atoms with E-state index in [0.29, 0.717) is 35.3 Å². The van der Waals surface area contributed by atoms with E-state index in [1.807, 2.05) is 18.7 Å². The first-order valence-corrected chi connectivity index (χ1v) is 12.6. The average Bonchev–Trinajstić information content (AvgIpc) is 2.75. The molecule has 0 spiro atoms. The number of rotatable bonds is 8. The van der Waals surface area contributed by atoms with Gasteiger partial charge in [-0.2, -0.15) is 0 Å². The minimum atomic E-state index is -3.74. The third-order valence-electron chi connectivity index (χ3n) is 5.21. The van der Waals surface area contributed by atoms with Crippen molar-refractivity contribution in [3.05, 3.63) is 53.6 Å². The molecule has 1 aliphatic rings. The van der Waals surface area contributed by atoms with E-state index in [4.69, 9.17) is 21.1 Å². The van der Waals surface area contributed by atoms with Crippen LogP contribution in [-0.2, 0) is 19.6 Å². The largest absolute Gasteiger partial charge is 0.457 e. The molecule has 3 atom stereocenters. The van der Waals surface area contributed by atoms with Crippen LogP contribution in [0.25, 0.3) is 0 Å². The molecule has 33 heavy (non-hydrogen) atoms. The monoisotopic (exact) mass is 497 g/mol. The first-order chi connectivity index (χ1) is 15.6. The normalized spacial score (nSPS) is 20.2. The van der Waals surface area contributed by atoms with Crippen LogP contribution in [0.15, 0.2) is 48.5 Å². The Morgan fingerprint density at radius 1 is 1.15 bits per heavy atom. The third-order valence-corrected chi connectivity index (χ3v) is 6.63. The van der Waals surface area contributed by atoms with Crippen molar-refractivity contribution in [1.82, 2.24) is 10.4 Å². The third kappa shape index (κ3) is 6.81. The van der Waals surface area contributed by atoms with Gasteiger partial charge in [0.25, 0.3) is 5.91 Å². The number of ether oxygens (including phenoxy) is 2. The van der Waals surface area contributed by atoms with E-state index >= 15 is 0 Å². The Kier molecular flexibility index (Phi) is 8.19. The molecular weight excluding hydrogens is 470 g/mol. The number of carbonyl (C=O) groups excluding carboxylic acids is 1. The zero-order valence-corrected chi connectivity index (χ0v) is 20.2. The zero-order chi connectivity index (χ0) is 24.2. The average molecular weight is 498 g/mol. The zero-order valence-electron chi connectivity index (χ0n) is 18.6. The van der Waals surface area contributed by atoms with Crippen molar-refractivity contribution in [2.75, 3.05) is 30.2 Å². The van der Waals surface area contributed by atoms with Gasteiger partial charge in [0, 0.05) is 18.1 Å². The lowest BCUT2D eigenvalue weighted by Gasteiger charge is -2.40. The minimum absolute atomic E-state index is 0.140. The number of sulfonamides is 1. The Morgan fingerprint density at radius 2 is 1.67 bits per heavy atom. The number of morpholine rings is 1. The number of hydrogen-bond acceptors (Lipinski definition) is 7. The van der Waals surface area contributed by atoms with E-state index in [0.717, 1.165) is 10.6 Å². The summed E-state index contributed by atoms with van der Waals surface area (Å²) in [7, 11) is -3.74. The molecule has 2 aromatic carbocycles. The highest BCUT2D eigenvalue weighted by molar-refractivity contribution is 7.92. The smallest absolute Gasteiger partial charge is 0.262 e. The van der Waals surface area contributed by atoms with Crippen molar-refractivity contribution < 1.29 is 27.9 Å². The number of nitrogens with zero attached hydrogens (tertiary/aromatic N) is 2. The van der Waals surface area contributed by atoms with Gasteiger partial charge in [0.15, 0.2) is 0 Å². The Hall–Kier alpha value is -2.37. The van der Waals surface area contributed by atoms with E-state index in [9.17, 15) is 18.4 Å². The highest BCUT2D eigenvalue weighted by Gasteiger charge is 2.35. The van der Waals surface area contributed by atoms with Gasteiger partial charge in [-0.1, -0.05) is 11.6 Å². The summed E-state index contributed by atoms with van der Waals surface area (Å²) in [6.07, 6.45) is 0.793. The molecule has 0 aromatic heterocycles. The van der Waals surface area contributed by atoms with Crippen LogP contribution in [0, 0.1) is 0 Å². The Balaban J connectivity index is 1.83. The summed E-state index contributed by atoms with van der Waals surface area (Å²) in [4.78, 5) is 14.3. The number of hydroxylamine groups is 1. The molecule has 9 nitrogen and oxygen atoms in total. The molecule has 0 saturated carbocycles. The van der Waals surface area contributed by atoms with Crippen LogP contribution < -0.4 is 14.5 Å². The maximum Gasteiger partial charge on any atom is 0.262 e. The molecule has 2 aromatic rings. The quantitative estimate of drug-likeness (QED) is 0.426. The molecule has 1 aliphatic heterocycles. The fraction of sp³-hybridized carbons (Fsp3) is 0.409. The van der Waals surface area contributed by atoms with Crippen molar-refractivity contribution in [2.24, 2.45) is 0 Å². The predicted octanol–water partition coefficient (Wildman–Crippen LogP) is 2.88. The van der Waals surface area contributed by atoms with Crippen molar-refractivity contribution in [3.63, 3.8) is 0 Å². The van der Waals surface area contributed by atoms with Crippen LogP contribution in [0.3, 0.4) is 0 Å². The fourth-order valence-corrected chi connectivity index (χ4v) is 4.86. The first kappa shape index (κ1) is 25.3. The maximum absolute atomic E-state index is 12.6. The Morgan fingerprint density at radius 3 is 2.15 bits per heavy atom. The summed E-state index contributed by atoms with van der Waals surface area (Å²) < 4.78 is 37.9. The van der Waals surface area contributed by atoms with Gasteiger partial charge in [-0.25, -0.2) is 13.9 Å². The molecule has 1 saturated heterocycles. The number of carbonyl (C=O) groups is 1. The number of anilines is 1. The van der Waals surface area contributed by atoms with E-state index in [1.54, 1.807) is 54.0 Å². The standard InChI is InChI=1S/C22H28ClN3O6S/c1-15-12-25(13-16(2)31-15)21(22(27)24-28)14-26(33(3,29)30)18-6-10-20(11-7-18)32-19-8-4-17(23)5-9-19/h4-11,15-16,21,28H,12-14H2,1-3H3,(H,24,27)/t15-,16?,21-/m0/s1. The van der Waals surface area contributed by atoms with E-state index in [1.165, 1.54) is 0 Å². The number of amides is 1. The summed E-state index contributed by atoms with van der Waals surface area (Å²) in [5, 5.41) is 9.89. The van der Waals surface area contributed by atoms with Gasteiger partial charge in [-0.3, -0.25) is 19.2 Å². The molecule has 0 bridgehead atoms. The Labute approximate surface area is 198 Å². The fourth-order valence-electron chi connectivity index (χ4n) is 3.82. The first-order valence-electron chi connectivity index (χ1n) is 10.4. The number of nitrogens with one attached hydrogen (secondary N) is 1. The molecule has 1 amide bonds. The summed E-state index contributed by atoms with van der Waals surface area (Å²) in [6.45, 7) is 4.43. The molecular formula is C22H28ClN3O6S. The second kappa shape index (κ2) is 10.7. The molecule has 1 fully saturated rings. The van der Waals surface area contributed by atoms with Crippen LogP contribution in [0.4, 0.5) is 5.69 Å². The molecule has 3 rings (SSSR count). The van der Waals surface area contributed by atoms with Crippen molar-refractivity contribution in [2.45, 2.75) is 32.1 Å². The molecule has 2 N–H and O–H groups in total. The summed E-state index contributed by atoms with van der Waals surface area (Å²) in [5.74, 6) is 0.407. The summed E-state index contributed by atoms with van der Waals surface area (Å²) in [6, 6.07) is 12.4. The number of halogens is 1. The van der Waals surface area contributed by atoms with Crippen molar-refractivity contribution in [3.8, 4) is 11.5 Å². The minimum Gasteiger partial charge on any atom is -0.457 e. The number of benzene rings is 2. The second-order valence-corrected chi connectivity index (χ2v) is 10.4. The lowest BCUT2D eigenvalue weighted by molar-refractivity contribution is -0.140. The molecule has 180 valence electrons. The van der Waals surface area contributed by atoms with Crippen LogP contribution >= 0.6 is 11.6 Å². The van der Waals surface area contributed by atoms with Gasteiger partial charge < -0.3 is 9.47 Å². The molecule has 0 aliphatic carbocycles. The van der Waals surface area contributed by atoms with Gasteiger partial charge in [0.1, 0.15) is 17.5 Å². The van der Waals surface area contributed by atoms with E-state index in [2.05, 4.69) is 0 Å². The van der Waals surface area contributed by atoms with Crippen LogP contribution in [0.1, 0.15) is 13.8 Å². The molecule has 11 heteroatoms. The molecule has 1 unspecified atom stereocenters. The van der Waals surface area contributed by atoms with Gasteiger partial charge >= 0.3 is 0 Å². The number of hydrogen-bond donors (Lipinski definition) is 2. The van der Waals surface area contributed by atoms with Crippen molar-refractivity contribution >= 4 is 33.2 Å². The van der Waals surface area contributed by atoms with Gasteiger partial charge in [-0.15, -0.1) is 0 Å². The maximum atomic E-state index is 12.6. The van der Waals surface area contributed by atoms with Gasteiger partial charge in [0.2, 0.25) is 10.0 Å². The second-order valence-electron chi connectivity index (χ2n) is 8.05. The highest BCUT2D eigenvalue weighted by atomic mass is 35.5. The van der Waals surface area contributed by atoms with E-state index < -0.39 is 22.0 Å². The lowest BCUT2D eigenvalue weighted by atomic mass is 10.1. The predicted molar refractivity (Wildman–Crippen MR) is 125 cm³/mol. The lowest BCUT2D eigenvalue weighted by Crippen LogP contribution is -2.58. The summed E-state index contributed by atoms with van der Waals surface area (Å²) >= 11 is 5.89. The molecule has 1 heterocycles. The SMILES string of the molecule is CC1CN([C@@H](CN(c2ccc(Oc3ccc(Cl)cc3)cc2)S(C)(=O)=O)C(=O)NO)C[C@H](C)O1. The highest BCUT2D eigenvalue weighted by Crippen LogP contribution is 2.27. The van der Waals surface area contributed by atoms with Crippen LogP contribution in [0.5, 0.6) is 11.5 Å². The van der Waals surface area contributed by atoms with E-state index in [-0.39, 0.29) is 18.8 Å².